The van der Waals surface area contributed by atoms with Crippen molar-refractivity contribution in [1.82, 2.24) is 4.90 Å². The molecular weight excluding hydrogens is 284 g/mol. The molecule has 0 saturated carbocycles. The first kappa shape index (κ1) is 14.6. The van der Waals surface area contributed by atoms with Crippen LogP contribution in [0.25, 0.3) is 0 Å². The highest BCUT2D eigenvalue weighted by molar-refractivity contribution is 6.34. The summed E-state index contributed by atoms with van der Waals surface area (Å²) < 4.78 is 5.36. The number of halogens is 1. The number of morpholine rings is 1. The van der Waals surface area contributed by atoms with E-state index >= 15 is 0 Å². The summed E-state index contributed by atoms with van der Waals surface area (Å²) in [6.07, 6.45) is -0.000594. The van der Waals surface area contributed by atoms with Crippen LogP contribution in [-0.2, 0) is 4.74 Å². The van der Waals surface area contributed by atoms with Crippen molar-refractivity contribution in [3.63, 3.8) is 0 Å². The predicted molar refractivity (Wildman–Crippen MR) is 74.4 cm³/mol. The average molecular weight is 299 g/mol. The van der Waals surface area contributed by atoms with Crippen molar-refractivity contribution >= 4 is 29.3 Å². The van der Waals surface area contributed by atoms with Gasteiger partial charge < -0.3 is 20.1 Å². The van der Waals surface area contributed by atoms with Gasteiger partial charge >= 0.3 is 12.0 Å². The number of amides is 2. The summed E-state index contributed by atoms with van der Waals surface area (Å²) in [5.74, 6) is -1.06. The normalized spacial score (nSPS) is 18.7. The van der Waals surface area contributed by atoms with Crippen molar-refractivity contribution in [2.24, 2.45) is 0 Å². The molecule has 2 amide bonds. The molecule has 1 saturated heterocycles. The molecule has 1 fully saturated rings. The van der Waals surface area contributed by atoms with Crippen molar-refractivity contribution in [3.8, 4) is 0 Å². The molecule has 1 atom stereocenters. The second-order valence-corrected chi connectivity index (χ2v) is 4.96. The fourth-order valence-corrected chi connectivity index (χ4v) is 2.17. The number of carbonyl (C=O) groups is 2. The molecule has 2 N–H and O–H groups in total. The van der Waals surface area contributed by atoms with Gasteiger partial charge in [0.15, 0.2) is 0 Å². The SMILES string of the molecule is CC1CN(C(=O)Nc2ccc(C(=O)O)cc2Cl)CCO1. The van der Waals surface area contributed by atoms with E-state index in [0.717, 1.165) is 0 Å². The fraction of sp³-hybridized carbons (Fsp3) is 0.385. The Hall–Kier alpha value is -1.79. The molecule has 2 rings (SSSR count). The smallest absolute Gasteiger partial charge is 0.335 e. The minimum atomic E-state index is -1.06. The number of rotatable bonds is 2. The zero-order chi connectivity index (χ0) is 14.7. The molecule has 1 aliphatic heterocycles. The third-order valence-electron chi connectivity index (χ3n) is 2.99. The van der Waals surface area contributed by atoms with E-state index in [-0.39, 0.29) is 22.7 Å². The summed E-state index contributed by atoms with van der Waals surface area (Å²) in [5, 5.41) is 11.7. The first-order chi connectivity index (χ1) is 9.47. The Morgan fingerprint density at radius 2 is 2.25 bits per heavy atom. The highest BCUT2D eigenvalue weighted by Gasteiger charge is 2.22. The fourth-order valence-electron chi connectivity index (χ4n) is 1.95. The number of carbonyl (C=O) groups excluding carboxylic acids is 1. The molecule has 0 bridgehead atoms. The molecule has 7 heteroatoms. The van der Waals surface area contributed by atoms with Gasteiger partial charge in [0.1, 0.15) is 0 Å². The molecule has 1 aromatic rings. The van der Waals surface area contributed by atoms with E-state index < -0.39 is 5.97 Å². The number of nitrogens with one attached hydrogen (secondary N) is 1. The number of carboxylic acid groups (broad SMARTS) is 1. The number of carboxylic acids is 1. The van der Waals surface area contributed by atoms with Crippen LogP contribution in [0, 0.1) is 0 Å². The van der Waals surface area contributed by atoms with Gasteiger partial charge in [-0.1, -0.05) is 11.6 Å². The van der Waals surface area contributed by atoms with Crippen LogP contribution in [0.3, 0.4) is 0 Å². The van der Waals surface area contributed by atoms with Gasteiger partial charge in [-0.05, 0) is 25.1 Å². The van der Waals surface area contributed by atoms with Crippen LogP contribution >= 0.6 is 11.6 Å². The molecule has 1 unspecified atom stereocenters. The number of benzene rings is 1. The first-order valence-electron chi connectivity index (χ1n) is 6.17. The van der Waals surface area contributed by atoms with Crippen LogP contribution in [0.4, 0.5) is 10.5 Å². The summed E-state index contributed by atoms with van der Waals surface area (Å²) in [4.78, 5) is 24.5. The molecule has 0 radical (unpaired) electrons. The minimum Gasteiger partial charge on any atom is -0.478 e. The lowest BCUT2D eigenvalue weighted by Gasteiger charge is -2.31. The van der Waals surface area contributed by atoms with Crippen LogP contribution in [0.1, 0.15) is 17.3 Å². The van der Waals surface area contributed by atoms with Gasteiger partial charge in [0.05, 0.1) is 29.0 Å². The molecule has 108 valence electrons. The van der Waals surface area contributed by atoms with Gasteiger partial charge in [-0.15, -0.1) is 0 Å². The van der Waals surface area contributed by atoms with Crippen molar-refractivity contribution in [3.05, 3.63) is 28.8 Å². The Morgan fingerprint density at radius 1 is 1.50 bits per heavy atom. The van der Waals surface area contributed by atoms with Crippen molar-refractivity contribution in [1.29, 1.82) is 0 Å². The van der Waals surface area contributed by atoms with E-state index in [2.05, 4.69) is 5.32 Å². The number of ether oxygens (including phenoxy) is 1. The Kier molecular flexibility index (Phi) is 4.46. The molecule has 0 spiro atoms. The van der Waals surface area contributed by atoms with Crippen LogP contribution < -0.4 is 5.32 Å². The third kappa shape index (κ3) is 3.40. The second kappa shape index (κ2) is 6.11. The van der Waals surface area contributed by atoms with Gasteiger partial charge in [-0.25, -0.2) is 9.59 Å². The Morgan fingerprint density at radius 3 is 2.85 bits per heavy atom. The van der Waals surface area contributed by atoms with Gasteiger partial charge in [0.25, 0.3) is 0 Å². The largest absolute Gasteiger partial charge is 0.478 e. The minimum absolute atomic E-state index is 0.000594. The maximum atomic E-state index is 12.1. The van der Waals surface area contributed by atoms with Gasteiger partial charge in [-0.3, -0.25) is 0 Å². The lowest BCUT2D eigenvalue weighted by Crippen LogP contribution is -2.46. The van der Waals surface area contributed by atoms with Gasteiger partial charge in [-0.2, -0.15) is 0 Å². The van der Waals surface area contributed by atoms with Crippen LogP contribution in [0.5, 0.6) is 0 Å². The highest BCUT2D eigenvalue weighted by atomic mass is 35.5. The summed E-state index contributed by atoms with van der Waals surface area (Å²) in [7, 11) is 0. The molecule has 0 aliphatic carbocycles. The topological polar surface area (TPSA) is 78.9 Å². The number of aromatic carboxylic acids is 1. The Balaban J connectivity index is 2.06. The summed E-state index contributed by atoms with van der Waals surface area (Å²) in [6, 6.07) is 3.91. The number of urea groups is 1. The first-order valence-corrected chi connectivity index (χ1v) is 6.55. The van der Waals surface area contributed by atoms with Crippen LogP contribution in [-0.4, -0.2) is 47.8 Å². The van der Waals surface area contributed by atoms with Crippen molar-refractivity contribution in [2.75, 3.05) is 25.0 Å². The van der Waals surface area contributed by atoms with Gasteiger partial charge in [0.2, 0.25) is 0 Å². The lowest BCUT2D eigenvalue weighted by molar-refractivity contribution is -0.00138. The molecule has 1 aliphatic rings. The van der Waals surface area contributed by atoms with E-state index in [4.69, 9.17) is 21.4 Å². The molecule has 6 nitrogen and oxygen atoms in total. The number of nitrogens with zero attached hydrogens (tertiary/aromatic N) is 1. The highest BCUT2D eigenvalue weighted by Crippen LogP contribution is 2.23. The van der Waals surface area contributed by atoms with Crippen molar-refractivity contribution in [2.45, 2.75) is 13.0 Å². The maximum Gasteiger partial charge on any atom is 0.335 e. The summed E-state index contributed by atoms with van der Waals surface area (Å²) >= 11 is 5.96. The third-order valence-corrected chi connectivity index (χ3v) is 3.30. The summed E-state index contributed by atoms with van der Waals surface area (Å²) in [5.41, 5.74) is 0.466. The quantitative estimate of drug-likeness (QED) is 0.878. The van der Waals surface area contributed by atoms with E-state index in [1.54, 1.807) is 4.90 Å². The van der Waals surface area contributed by atoms with Crippen molar-refractivity contribution < 1.29 is 19.4 Å². The summed E-state index contributed by atoms with van der Waals surface area (Å²) in [6.45, 7) is 3.42. The molecule has 1 aromatic carbocycles. The molecule has 1 heterocycles. The molecule has 20 heavy (non-hydrogen) atoms. The predicted octanol–water partition coefficient (Wildman–Crippen LogP) is 2.29. The monoisotopic (exact) mass is 298 g/mol. The number of hydrogen-bond acceptors (Lipinski definition) is 3. The average Bonchev–Trinajstić information content (AvgIpc) is 2.40. The van der Waals surface area contributed by atoms with E-state index in [9.17, 15) is 9.59 Å². The van der Waals surface area contributed by atoms with Crippen LogP contribution in [0.15, 0.2) is 18.2 Å². The van der Waals surface area contributed by atoms with E-state index in [1.807, 2.05) is 6.92 Å². The standard InChI is InChI=1S/C13H15ClN2O4/c1-8-7-16(4-5-20-8)13(19)15-11-3-2-9(12(17)18)6-10(11)14/h2-3,6,8H,4-5,7H2,1H3,(H,15,19)(H,17,18). The lowest BCUT2D eigenvalue weighted by atomic mass is 10.2. The zero-order valence-electron chi connectivity index (χ0n) is 10.9. The Labute approximate surface area is 121 Å². The van der Waals surface area contributed by atoms with Crippen LogP contribution in [0.2, 0.25) is 5.02 Å². The Bertz CT molecular complexity index is 535. The second-order valence-electron chi connectivity index (χ2n) is 4.56. The van der Waals surface area contributed by atoms with Gasteiger partial charge in [0, 0.05) is 13.1 Å². The maximum absolute atomic E-state index is 12.1. The number of hydrogen-bond donors (Lipinski definition) is 2. The van der Waals surface area contributed by atoms with E-state index in [0.29, 0.717) is 25.4 Å². The zero-order valence-corrected chi connectivity index (χ0v) is 11.7. The number of anilines is 1. The molecule has 0 aromatic heterocycles. The molecular formula is C13H15ClN2O4. The van der Waals surface area contributed by atoms with E-state index in [1.165, 1.54) is 18.2 Å².